The second-order valence-electron chi connectivity index (χ2n) is 7.07. The zero-order chi connectivity index (χ0) is 22.9. The molecule has 31 heavy (non-hydrogen) atoms. The first kappa shape index (κ1) is 22.5. The van der Waals surface area contributed by atoms with Gasteiger partial charge < -0.3 is 15.5 Å². The Morgan fingerprint density at radius 1 is 1.39 bits per heavy atom. The van der Waals surface area contributed by atoms with Crippen LogP contribution in [0.15, 0.2) is 11.2 Å². The van der Waals surface area contributed by atoms with Gasteiger partial charge in [-0.1, -0.05) is 0 Å². The number of nitrogens with two attached hydrogens (primary N) is 1. The van der Waals surface area contributed by atoms with E-state index in [1.807, 2.05) is 0 Å². The van der Waals surface area contributed by atoms with Crippen LogP contribution < -0.4 is 11.2 Å². The molecule has 3 heterocycles. The molecule has 1 fully saturated rings. The molecule has 0 unspecified atom stereocenters. The predicted molar refractivity (Wildman–Crippen MR) is 104 cm³/mol. The van der Waals surface area contributed by atoms with Gasteiger partial charge in [0.25, 0.3) is 10.1 Å². The fraction of sp³-hybridized carbons (Fsp3) is 0.562. The third kappa shape index (κ3) is 4.61. The number of amides is 3. The van der Waals surface area contributed by atoms with Crippen molar-refractivity contribution in [2.24, 2.45) is 17.8 Å². The van der Waals surface area contributed by atoms with Crippen molar-refractivity contribution in [2.75, 3.05) is 19.8 Å². The van der Waals surface area contributed by atoms with Gasteiger partial charge in [-0.25, -0.2) is 15.1 Å². The molecule has 1 saturated heterocycles. The van der Waals surface area contributed by atoms with E-state index in [1.165, 1.54) is 22.8 Å². The fourth-order valence-corrected chi connectivity index (χ4v) is 4.00. The van der Waals surface area contributed by atoms with E-state index in [-0.39, 0.29) is 31.6 Å². The second-order valence-corrected chi connectivity index (χ2v) is 8.63. The number of amidine groups is 1. The van der Waals surface area contributed by atoms with Gasteiger partial charge in [0.15, 0.2) is 5.84 Å². The molecule has 170 valence electrons. The van der Waals surface area contributed by atoms with Crippen LogP contribution >= 0.6 is 0 Å². The van der Waals surface area contributed by atoms with E-state index < -0.39 is 40.1 Å². The quantitative estimate of drug-likeness (QED) is 0.291. The normalized spacial score (nSPS) is 20.6. The number of carbonyl (C=O) groups excluding carboxylic acids is 3. The number of hydrogen-bond acceptors (Lipinski definition) is 9. The molecule has 14 nitrogen and oxygen atoms in total. The van der Waals surface area contributed by atoms with E-state index in [2.05, 4.69) is 15.6 Å². The number of aryl methyl sites for hydroxylation is 1. The third-order valence-corrected chi connectivity index (χ3v) is 5.25. The molecule has 3 amide bonds. The van der Waals surface area contributed by atoms with Crippen molar-refractivity contribution in [3.8, 4) is 0 Å². The summed E-state index contributed by atoms with van der Waals surface area (Å²) >= 11 is 0. The van der Waals surface area contributed by atoms with Gasteiger partial charge in [-0.05, 0) is 6.42 Å². The lowest BCUT2D eigenvalue weighted by Crippen LogP contribution is -2.45. The summed E-state index contributed by atoms with van der Waals surface area (Å²) in [6.45, 7) is 0.116. The lowest BCUT2D eigenvalue weighted by molar-refractivity contribution is -0.148. The molecule has 0 radical (unpaired) electrons. The molecular formula is C16H23N7O7S. The second kappa shape index (κ2) is 8.50. The summed E-state index contributed by atoms with van der Waals surface area (Å²) in [5.41, 5.74) is 8.65. The zero-order valence-electron chi connectivity index (χ0n) is 17.1. The van der Waals surface area contributed by atoms with Gasteiger partial charge >= 0.3 is 12.0 Å². The number of primary amides is 1. The SMILES string of the molecule is CN=C(NOC(=O)CCCC(N)=O)[C@@H]1c2c(cnn2C)[C@@H]2CN1C(=O)N2OS(C)(=O)=O. The Morgan fingerprint density at radius 2 is 2.10 bits per heavy atom. The molecule has 15 heteroatoms. The average Bonchev–Trinajstić information content (AvgIpc) is 3.17. The summed E-state index contributed by atoms with van der Waals surface area (Å²) in [4.78, 5) is 46.1. The molecule has 1 aromatic rings. The van der Waals surface area contributed by atoms with Crippen LogP contribution in [0.5, 0.6) is 0 Å². The molecule has 0 spiro atoms. The molecular weight excluding hydrogens is 434 g/mol. The number of rotatable bonds is 7. The summed E-state index contributed by atoms with van der Waals surface area (Å²) < 4.78 is 29.7. The summed E-state index contributed by atoms with van der Waals surface area (Å²) in [6, 6.07) is -2.20. The summed E-state index contributed by atoms with van der Waals surface area (Å²) in [5.74, 6) is -1.04. The van der Waals surface area contributed by atoms with E-state index in [4.69, 9.17) is 14.9 Å². The van der Waals surface area contributed by atoms with Gasteiger partial charge in [-0.2, -0.15) is 18.6 Å². The zero-order valence-corrected chi connectivity index (χ0v) is 18.0. The molecule has 0 saturated carbocycles. The first-order valence-electron chi connectivity index (χ1n) is 9.25. The number of carbonyl (C=O) groups is 3. The fourth-order valence-electron chi connectivity index (χ4n) is 3.54. The number of nitrogens with zero attached hydrogens (tertiary/aromatic N) is 5. The lowest BCUT2D eigenvalue weighted by Gasteiger charge is -2.31. The summed E-state index contributed by atoms with van der Waals surface area (Å²) in [5, 5.41) is 5.00. The largest absolute Gasteiger partial charge is 0.370 e. The first-order valence-corrected chi connectivity index (χ1v) is 11.1. The number of fused-ring (bicyclic) bond motifs is 4. The minimum atomic E-state index is -3.95. The van der Waals surface area contributed by atoms with Gasteiger partial charge in [0.1, 0.15) is 12.1 Å². The molecule has 2 bridgehead atoms. The van der Waals surface area contributed by atoms with Crippen LogP contribution in [0.2, 0.25) is 0 Å². The standard InChI is InChI=1S/C16H23N7O7S/c1-18-15(20-29-12(25)6-4-5-11(17)24)14-13-9(7-19-21(13)2)10-8-22(14)16(26)23(10)30-31(3,27)28/h7,10,14H,4-6,8H2,1-3H3,(H2,17,24)(H,18,20)/t10-,14-/m0/s1. The number of urea groups is 1. The van der Waals surface area contributed by atoms with Crippen molar-refractivity contribution in [3.05, 3.63) is 17.5 Å². The maximum Gasteiger partial charge on any atom is 0.346 e. The Morgan fingerprint density at radius 3 is 2.71 bits per heavy atom. The molecule has 3 rings (SSSR count). The summed E-state index contributed by atoms with van der Waals surface area (Å²) in [7, 11) is -0.851. The molecule has 3 N–H and O–H groups in total. The van der Waals surface area contributed by atoms with E-state index in [1.54, 1.807) is 7.05 Å². The number of nitrogens with one attached hydrogen (secondary N) is 1. The van der Waals surface area contributed by atoms with Crippen LogP contribution in [0.4, 0.5) is 4.79 Å². The highest BCUT2D eigenvalue weighted by Gasteiger charge is 2.53. The predicted octanol–water partition coefficient (Wildman–Crippen LogP) is -1.12. The molecule has 2 aliphatic heterocycles. The smallest absolute Gasteiger partial charge is 0.346 e. The first-order chi connectivity index (χ1) is 14.5. The minimum Gasteiger partial charge on any atom is -0.370 e. The van der Waals surface area contributed by atoms with Crippen molar-refractivity contribution in [2.45, 2.75) is 31.3 Å². The van der Waals surface area contributed by atoms with Gasteiger partial charge in [0, 0.05) is 32.5 Å². The van der Waals surface area contributed by atoms with Crippen LogP contribution in [-0.4, -0.2) is 71.8 Å². The van der Waals surface area contributed by atoms with Crippen molar-refractivity contribution in [1.29, 1.82) is 0 Å². The van der Waals surface area contributed by atoms with Crippen molar-refractivity contribution < 1.29 is 31.9 Å². The summed E-state index contributed by atoms with van der Waals surface area (Å²) in [6.07, 6.45) is 2.59. The van der Waals surface area contributed by atoms with E-state index in [0.717, 1.165) is 11.3 Å². The van der Waals surface area contributed by atoms with Crippen molar-refractivity contribution >= 4 is 33.9 Å². The topological polar surface area (TPSA) is 179 Å². The van der Waals surface area contributed by atoms with Crippen LogP contribution in [0, 0.1) is 0 Å². The average molecular weight is 457 g/mol. The Kier molecular flexibility index (Phi) is 6.17. The number of aromatic nitrogens is 2. The number of aliphatic imine (C=N–C) groups is 1. The Balaban J connectivity index is 1.82. The monoisotopic (exact) mass is 457 g/mol. The highest BCUT2D eigenvalue weighted by atomic mass is 32.2. The minimum absolute atomic E-state index is 0.0463. The van der Waals surface area contributed by atoms with Crippen molar-refractivity contribution in [1.82, 2.24) is 25.2 Å². The Hall–Kier alpha value is -3.20. The van der Waals surface area contributed by atoms with Gasteiger partial charge in [0.2, 0.25) is 5.91 Å². The third-order valence-electron chi connectivity index (χ3n) is 4.82. The van der Waals surface area contributed by atoms with E-state index in [9.17, 15) is 22.8 Å². The molecule has 0 aliphatic carbocycles. The lowest BCUT2D eigenvalue weighted by atomic mass is 9.97. The highest BCUT2D eigenvalue weighted by Crippen LogP contribution is 2.44. The highest BCUT2D eigenvalue weighted by molar-refractivity contribution is 7.85. The van der Waals surface area contributed by atoms with Crippen molar-refractivity contribution in [3.63, 3.8) is 0 Å². The van der Waals surface area contributed by atoms with E-state index in [0.29, 0.717) is 11.3 Å². The van der Waals surface area contributed by atoms with Crippen LogP contribution in [0.1, 0.15) is 42.6 Å². The Bertz CT molecular complexity index is 1040. The van der Waals surface area contributed by atoms with Crippen LogP contribution in [0.3, 0.4) is 0 Å². The molecule has 0 aromatic carbocycles. The molecule has 2 atom stereocenters. The van der Waals surface area contributed by atoms with Gasteiger partial charge in [0.05, 0.1) is 24.7 Å². The number of hydroxylamine groups is 3. The van der Waals surface area contributed by atoms with Gasteiger partial charge in [-0.3, -0.25) is 14.5 Å². The van der Waals surface area contributed by atoms with Crippen LogP contribution in [-0.2, 0) is 35.9 Å². The van der Waals surface area contributed by atoms with E-state index >= 15 is 0 Å². The molecule has 1 aromatic heterocycles. The maximum absolute atomic E-state index is 12.9. The Labute approximate surface area is 178 Å². The molecule has 2 aliphatic rings. The van der Waals surface area contributed by atoms with Gasteiger partial charge in [-0.15, -0.1) is 4.28 Å². The maximum atomic E-state index is 12.9. The van der Waals surface area contributed by atoms with Crippen LogP contribution in [0.25, 0.3) is 0 Å². The number of hydrogen-bond donors (Lipinski definition) is 2.